The summed E-state index contributed by atoms with van der Waals surface area (Å²) in [6, 6.07) is 10.5. The summed E-state index contributed by atoms with van der Waals surface area (Å²) in [7, 11) is 0. The number of allylic oxidation sites excluding steroid dienone is 1. The maximum atomic E-state index is 14.2. The molecule has 0 aliphatic heterocycles. The van der Waals surface area contributed by atoms with Gasteiger partial charge in [0, 0.05) is 12.3 Å². The van der Waals surface area contributed by atoms with Gasteiger partial charge in [-0.15, -0.1) is 28.1 Å². The number of nitrogens with zero attached hydrogens (tertiary/aromatic N) is 4. The zero-order chi connectivity index (χ0) is 18.6. The smallest absolute Gasteiger partial charge is 0.236 e. The van der Waals surface area contributed by atoms with E-state index in [1.807, 2.05) is 22.1 Å². The highest BCUT2D eigenvalue weighted by atomic mass is 32.2. The van der Waals surface area contributed by atoms with Gasteiger partial charge in [0.15, 0.2) is 11.0 Å². The van der Waals surface area contributed by atoms with Crippen LogP contribution in [0.2, 0.25) is 0 Å². The van der Waals surface area contributed by atoms with E-state index in [2.05, 4.69) is 21.8 Å². The first-order chi connectivity index (χ1) is 13.3. The van der Waals surface area contributed by atoms with Crippen LogP contribution in [0.1, 0.15) is 5.69 Å². The zero-order valence-electron chi connectivity index (χ0n) is 14.2. The summed E-state index contributed by atoms with van der Waals surface area (Å²) in [5.74, 6) is 1.33. The molecule has 0 bridgehead atoms. The van der Waals surface area contributed by atoms with Crippen molar-refractivity contribution in [2.24, 2.45) is 0 Å². The van der Waals surface area contributed by atoms with Crippen LogP contribution < -0.4 is 0 Å². The van der Waals surface area contributed by atoms with Gasteiger partial charge in [-0.1, -0.05) is 36.0 Å². The third-order valence-corrected chi connectivity index (χ3v) is 5.63. The molecule has 0 radical (unpaired) electrons. The number of rotatable bonds is 7. The highest BCUT2D eigenvalue weighted by Crippen LogP contribution is 2.29. The van der Waals surface area contributed by atoms with Crippen molar-refractivity contribution < 1.29 is 8.81 Å². The van der Waals surface area contributed by atoms with Crippen LogP contribution in [0.25, 0.3) is 22.2 Å². The van der Waals surface area contributed by atoms with Crippen LogP contribution in [0.4, 0.5) is 4.39 Å². The molecular formula is C19H15FN4OS2. The Bertz CT molecular complexity index is 1060. The van der Waals surface area contributed by atoms with Gasteiger partial charge in [-0.3, -0.25) is 4.57 Å². The Labute approximate surface area is 163 Å². The van der Waals surface area contributed by atoms with E-state index < -0.39 is 0 Å². The van der Waals surface area contributed by atoms with Crippen molar-refractivity contribution >= 4 is 23.1 Å². The summed E-state index contributed by atoms with van der Waals surface area (Å²) in [6.45, 7) is 4.26. The number of aromatic nitrogens is 4. The highest BCUT2D eigenvalue weighted by Gasteiger charge is 2.17. The topological polar surface area (TPSA) is 56.7 Å². The lowest BCUT2D eigenvalue weighted by Gasteiger charge is -2.07. The van der Waals surface area contributed by atoms with Gasteiger partial charge >= 0.3 is 0 Å². The van der Waals surface area contributed by atoms with Gasteiger partial charge in [0.2, 0.25) is 5.89 Å². The SMILES string of the molecule is C=CCn1c(SCc2coc(-c3cccs3)n2)nnc1-c1ccccc1F. The standard InChI is InChI=1S/C19H15FN4OS2/c1-2-9-24-17(14-6-3-4-7-15(14)20)22-23-19(24)27-12-13-11-25-18(21-13)16-8-5-10-26-16/h2-8,10-11H,1,9,12H2. The predicted molar refractivity (Wildman–Crippen MR) is 105 cm³/mol. The molecule has 0 atom stereocenters. The number of hydrogen-bond donors (Lipinski definition) is 0. The fourth-order valence-corrected chi connectivity index (χ4v) is 4.04. The van der Waals surface area contributed by atoms with Gasteiger partial charge in [0.1, 0.15) is 12.1 Å². The minimum atomic E-state index is -0.330. The van der Waals surface area contributed by atoms with Crippen LogP contribution in [-0.4, -0.2) is 19.7 Å². The van der Waals surface area contributed by atoms with Gasteiger partial charge < -0.3 is 4.42 Å². The van der Waals surface area contributed by atoms with Crippen LogP contribution in [0, 0.1) is 5.82 Å². The molecule has 0 aliphatic rings. The molecule has 136 valence electrons. The minimum Gasteiger partial charge on any atom is -0.444 e. The molecule has 8 heteroatoms. The van der Waals surface area contributed by atoms with Gasteiger partial charge in [-0.25, -0.2) is 9.37 Å². The Morgan fingerprint density at radius 1 is 1.22 bits per heavy atom. The van der Waals surface area contributed by atoms with Gasteiger partial charge in [-0.2, -0.15) is 0 Å². The van der Waals surface area contributed by atoms with Crippen molar-refractivity contribution in [1.82, 2.24) is 19.7 Å². The van der Waals surface area contributed by atoms with E-state index in [1.165, 1.54) is 17.8 Å². The second-order valence-corrected chi connectivity index (χ2v) is 7.49. The molecule has 0 spiro atoms. The van der Waals surface area contributed by atoms with Gasteiger partial charge in [0.25, 0.3) is 0 Å². The monoisotopic (exact) mass is 398 g/mol. The lowest BCUT2D eigenvalue weighted by Crippen LogP contribution is -2.01. The molecule has 4 rings (SSSR count). The van der Waals surface area contributed by atoms with Crippen molar-refractivity contribution in [3.63, 3.8) is 0 Å². The normalized spacial score (nSPS) is 11.0. The van der Waals surface area contributed by atoms with E-state index in [4.69, 9.17) is 4.42 Å². The van der Waals surface area contributed by atoms with Crippen LogP contribution in [0.3, 0.4) is 0 Å². The van der Waals surface area contributed by atoms with E-state index in [0.717, 1.165) is 10.6 Å². The second kappa shape index (κ2) is 7.89. The maximum Gasteiger partial charge on any atom is 0.236 e. The van der Waals surface area contributed by atoms with Gasteiger partial charge in [0.05, 0.1) is 16.1 Å². The van der Waals surface area contributed by atoms with E-state index >= 15 is 0 Å². The van der Waals surface area contributed by atoms with Crippen molar-refractivity contribution in [2.75, 3.05) is 0 Å². The maximum absolute atomic E-state index is 14.2. The van der Waals surface area contributed by atoms with E-state index in [0.29, 0.717) is 34.7 Å². The quantitative estimate of drug-likeness (QED) is 0.313. The van der Waals surface area contributed by atoms with E-state index in [1.54, 1.807) is 41.9 Å². The zero-order valence-corrected chi connectivity index (χ0v) is 15.8. The molecule has 0 amide bonds. The number of thiophene rings is 1. The molecule has 4 aromatic rings. The molecule has 3 heterocycles. The summed E-state index contributed by atoms with van der Waals surface area (Å²) in [5, 5.41) is 11.1. The molecule has 0 aliphatic carbocycles. The lowest BCUT2D eigenvalue weighted by atomic mass is 10.2. The minimum absolute atomic E-state index is 0.330. The van der Waals surface area contributed by atoms with Crippen LogP contribution in [0.15, 0.2) is 70.3 Å². The molecule has 0 unspecified atom stereocenters. The third kappa shape index (κ3) is 3.72. The number of oxazole rings is 1. The van der Waals surface area contributed by atoms with Crippen molar-refractivity contribution in [3.05, 3.63) is 72.2 Å². The number of halogens is 1. The van der Waals surface area contributed by atoms with Gasteiger partial charge in [-0.05, 0) is 23.6 Å². The van der Waals surface area contributed by atoms with Crippen molar-refractivity contribution in [3.8, 4) is 22.2 Å². The Morgan fingerprint density at radius 3 is 2.89 bits per heavy atom. The summed E-state index contributed by atoms with van der Waals surface area (Å²) >= 11 is 3.05. The molecule has 0 saturated carbocycles. The first-order valence-electron chi connectivity index (χ1n) is 8.16. The highest BCUT2D eigenvalue weighted by molar-refractivity contribution is 7.98. The molecule has 0 fully saturated rings. The van der Waals surface area contributed by atoms with E-state index in [9.17, 15) is 4.39 Å². The molecule has 27 heavy (non-hydrogen) atoms. The summed E-state index contributed by atoms with van der Waals surface area (Å²) in [6.07, 6.45) is 3.39. The lowest BCUT2D eigenvalue weighted by molar-refractivity contribution is 0.575. The number of benzene rings is 1. The fraction of sp³-hybridized carbons (Fsp3) is 0.105. The molecule has 5 nitrogen and oxygen atoms in total. The summed E-state index contributed by atoms with van der Waals surface area (Å²) in [5.41, 5.74) is 1.23. The number of hydrogen-bond acceptors (Lipinski definition) is 6. The van der Waals surface area contributed by atoms with Crippen LogP contribution in [-0.2, 0) is 12.3 Å². The summed E-state index contributed by atoms with van der Waals surface area (Å²) < 4.78 is 21.5. The largest absolute Gasteiger partial charge is 0.444 e. The Hall–Kier alpha value is -2.71. The van der Waals surface area contributed by atoms with Crippen LogP contribution >= 0.6 is 23.1 Å². The summed E-state index contributed by atoms with van der Waals surface area (Å²) in [4.78, 5) is 5.50. The fourth-order valence-electron chi connectivity index (χ4n) is 2.56. The Morgan fingerprint density at radius 2 is 2.11 bits per heavy atom. The predicted octanol–water partition coefficient (Wildman–Crippen LogP) is 5.28. The first-order valence-corrected chi connectivity index (χ1v) is 10.0. The molecular weight excluding hydrogens is 383 g/mol. The average molecular weight is 398 g/mol. The van der Waals surface area contributed by atoms with Crippen molar-refractivity contribution in [1.29, 1.82) is 0 Å². The molecule has 1 aromatic carbocycles. The first kappa shape index (κ1) is 17.7. The average Bonchev–Trinajstić information content (AvgIpc) is 3.42. The molecule has 3 aromatic heterocycles. The Kier molecular flexibility index (Phi) is 5.17. The van der Waals surface area contributed by atoms with Crippen LogP contribution in [0.5, 0.6) is 0 Å². The molecule has 0 saturated heterocycles. The number of thioether (sulfide) groups is 1. The Balaban J connectivity index is 1.56. The molecule has 0 N–H and O–H groups in total. The van der Waals surface area contributed by atoms with Crippen molar-refractivity contribution in [2.45, 2.75) is 17.5 Å². The third-order valence-electron chi connectivity index (χ3n) is 3.78. The second-order valence-electron chi connectivity index (χ2n) is 5.60. The van der Waals surface area contributed by atoms with E-state index in [-0.39, 0.29) is 5.82 Å².